The summed E-state index contributed by atoms with van der Waals surface area (Å²) in [6, 6.07) is 15.0. The Morgan fingerprint density at radius 2 is 1.76 bits per heavy atom. The monoisotopic (exact) mass is 487 g/mol. The lowest BCUT2D eigenvalue weighted by atomic mass is 10.2. The maximum atomic E-state index is 12.2. The number of carbonyl (C=O) groups is 1. The fourth-order valence-corrected chi connectivity index (χ4v) is 3.92. The fourth-order valence-electron chi connectivity index (χ4n) is 3.45. The van der Waals surface area contributed by atoms with Crippen molar-refractivity contribution in [2.75, 3.05) is 53.7 Å². The van der Waals surface area contributed by atoms with E-state index < -0.39 is 5.91 Å². The van der Waals surface area contributed by atoms with Gasteiger partial charge in [0.25, 0.3) is 5.91 Å². The van der Waals surface area contributed by atoms with Crippen LogP contribution in [-0.2, 0) is 4.79 Å². The lowest BCUT2D eigenvalue weighted by Crippen LogP contribution is -2.47. The van der Waals surface area contributed by atoms with Crippen molar-refractivity contribution < 1.29 is 9.53 Å². The number of piperazine rings is 1. The average molecular weight is 488 g/mol. The van der Waals surface area contributed by atoms with E-state index in [4.69, 9.17) is 33.7 Å². The summed E-state index contributed by atoms with van der Waals surface area (Å²) < 4.78 is 5.42. The van der Waals surface area contributed by atoms with Gasteiger partial charge in [0, 0.05) is 36.9 Å². The minimum absolute atomic E-state index is 0.256. The molecule has 3 aromatic rings. The Kier molecular flexibility index (Phi) is 7.21. The summed E-state index contributed by atoms with van der Waals surface area (Å²) in [5.41, 5.74) is 13.1. The van der Waals surface area contributed by atoms with Gasteiger partial charge in [-0.3, -0.25) is 15.6 Å². The first-order valence-electron chi connectivity index (χ1n) is 10.3. The van der Waals surface area contributed by atoms with Crippen molar-refractivity contribution in [3.05, 3.63) is 64.9 Å². The van der Waals surface area contributed by atoms with Crippen LogP contribution in [-0.4, -0.2) is 48.7 Å². The predicted octanol–water partition coefficient (Wildman–Crippen LogP) is 3.21. The van der Waals surface area contributed by atoms with Crippen molar-refractivity contribution in [2.45, 2.75) is 0 Å². The van der Waals surface area contributed by atoms with Crippen molar-refractivity contribution in [3.63, 3.8) is 0 Å². The number of hydrazine groups is 1. The van der Waals surface area contributed by atoms with Gasteiger partial charge < -0.3 is 20.3 Å². The molecule has 9 nitrogen and oxygen atoms in total. The molecule has 33 heavy (non-hydrogen) atoms. The molecule has 1 aromatic heterocycles. The molecule has 0 atom stereocenters. The van der Waals surface area contributed by atoms with Gasteiger partial charge in [0.05, 0.1) is 5.02 Å². The first-order valence-corrected chi connectivity index (χ1v) is 11.0. The topological polar surface area (TPSA) is 109 Å². The number of amides is 1. The zero-order valence-electron chi connectivity index (χ0n) is 17.7. The van der Waals surface area contributed by atoms with Crippen LogP contribution in [0.4, 0.5) is 23.0 Å². The zero-order valence-corrected chi connectivity index (χ0v) is 19.2. The van der Waals surface area contributed by atoms with Crippen molar-refractivity contribution in [3.8, 4) is 5.75 Å². The summed E-state index contributed by atoms with van der Waals surface area (Å²) in [5.74, 6) is 0.855. The molecule has 0 spiro atoms. The number of aromatic nitrogens is 2. The summed E-state index contributed by atoms with van der Waals surface area (Å²) in [7, 11) is 0. The number of halogens is 2. The largest absolute Gasteiger partial charge is 0.482 e. The lowest BCUT2D eigenvalue weighted by Gasteiger charge is -2.37. The van der Waals surface area contributed by atoms with Crippen LogP contribution in [0.2, 0.25) is 10.0 Å². The number of nitrogen functional groups attached to an aromatic ring is 1. The van der Waals surface area contributed by atoms with Crippen LogP contribution >= 0.6 is 23.2 Å². The molecule has 0 saturated carbocycles. The molecule has 4 rings (SSSR count). The van der Waals surface area contributed by atoms with Crippen molar-refractivity contribution in [1.29, 1.82) is 0 Å². The Hall–Kier alpha value is -3.43. The quantitative estimate of drug-likeness (QED) is 0.435. The van der Waals surface area contributed by atoms with E-state index in [1.807, 2.05) is 18.2 Å². The van der Waals surface area contributed by atoms with Gasteiger partial charge >= 0.3 is 0 Å². The van der Waals surface area contributed by atoms with E-state index in [9.17, 15) is 4.79 Å². The van der Waals surface area contributed by atoms with Crippen molar-refractivity contribution >= 4 is 52.1 Å². The standard InChI is InChI=1S/C22H23Cl2N7O2/c23-15-6-7-18(17(24)12-15)33-13-19(32)28-29-21-20(25)22(27-14-26-21)31-10-8-30(9-11-31)16-4-2-1-3-5-16/h1-7,12,14H,8-11,13,25H2,(H,28,32)(H,26,27,29). The number of nitrogens with one attached hydrogen (secondary N) is 2. The van der Waals surface area contributed by atoms with Crippen LogP contribution in [0.5, 0.6) is 5.75 Å². The second kappa shape index (κ2) is 10.5. The average Bonchev–Trinajstić information content (AvgIpc) is 2.83. The molecular formula is C22H23Cl2N7O2. The Morgan fingerprint density at radius 3 is 2.48 bits per heavy atom. The maximum absolute atomic E-state index is 12.2. The fraction of sp³-hybridized carbons (Fsp3) is 0.227. The molecule has 0 radical (unpaired) electrons. The van der Waals surface area contributed by atoms with Gasteiger partial charge in [-0.25, -0.2) is 9.97 Å². The molecule has 4 N–H and O–H groups in total. The summed E-state index contributed by atoms with van der Waals surface area (Å²) in [4.78, 5) is 25.1. The van der Waals surface area contributed by atoms with E-state index in [-0.39, 0.29) is 6.61 Å². The maximum Gasteiger partial charge on any atom is 0.276 e. The van der Waals surface area contributed by atoms with Gasteiger partial charge in [-0.05, 0) is 30.3 Å². The van der Waals surface area contributed by atoms with E-state index in [1.165, 1.54) is 18.1 Å². The van der Waals surface area contributed by atoms with Gasteiger partial charge in [0.1, 0.15) is 17.8 Å². The number of nitrogens with zero attached hydrogens (tertiary/aromatic N) is 4. The van der Waals surface area contributed by atoms with Gasteiger partial charge in [0.2, 0.25) is 0 Å². The van der Waals surface area contributed by atoms with Gasteiger partial charge in [-0.2, -0.15) is 0 Å². The molecule has 172 valence electrons. The highest BCUT2D eigenvalue weighted by Gasteiger charge is 2.21. The molecule has 1 aliphatic heterocycles. The molecule has 2 aromatic carbocycles. The lowest BCUT2D eigenvalue weighted by molar-refractivity contribution is -0.122. The summed E-state index contributed by atoms with van der Waals surface area (Å²) in [5, 5.41) is 0.801. The van der Waals surface area contributed by atoms with Gasteiger partial charge in [-0.15, -0.1) is 0 Å². The van der Waals surface area contributed by atoms with Crippen molar-refractivity contribution in [1.82, 2.24) is 15.4 Å². The molecule has 1 aliphatic rings. The highest BCUT2D eigenvalue weighted by Crippen LogP contribution is 2.28. The van der Waals surface area contributed by atoms with E-state index in [0.717, 1.165) is 26.2 Å². The number of benzene rings is 2. The molecule has 0 unspecified atom stereocenters. The van der Waals surface area contributed by atoms with Crippen LogP contribution in [0.3, 0.4) is 0 Å². The third kappa shape index (κ3) is 5.68. The molecule has 0 aliphatic carbocycles. The van der Waals surface area contributed by atoms with Crippen LogP contribution < -0.4 is 31.1 Å². The SMILES string of the molecule is Nc1c(NNC(=O)COc2ccc(Cl)cc2Cl)ncnc1N1CCN(c2ccccc2)CC1. The zero-order chi connectivity index (χ0) is 23.2. The third-order valence-corrected chi connectivity index (χ3v) is 5.67. The molecule has 0 bridgehead atoms. The highest BCUT2D eigenvalue weighted by molar-refractivity contribution is 6.35. The van der Waals surface area contributed by atoms with Crippen LogP contribution in [0.25, 0.3) is 0 Å². The van der Waals surface area contributed by atoms with Crippen LogP contribution in [0.1, 0.15) is 0 Å². The minimum Gasteiger partial charge on any atom is -0.482 e. The first-order chi connectivity index (χ1) is 16.0. The Morgan fingerprint density at radius 1 is 1.03 bits per heavy atom. The normalized spacial score (nSPS) is 13.5. The molecule has 1 saturated heterocycles. The number of para-hydroxylation sites is 1. The summed E-state index contributed by atoms with van der Waals surface area (Å²) in [6.07, 6.45) is 1.41. The number of hydrogen-bond donors (Lipinski definition) is 3. The minimum atomic E-state index is -0.433. The molecule has 2 heterocycles. The molecular weight excluding hydrogens is 465 g/mol. The number of hydrogen-bond acceptors (Lipinski definition) is 8. The first kappa shape index (κ1) is 22.8. The number of rotatable bonds is 7. The van der Waals surface area contributed by atoms with E-state index >= 15 is 0 Å². The molecule has 11 heteroatoms. The van der Waals surface area contributed by atoms with Gasteiger partial charge in [0.15, 0.2) is 18.2 Å². The van der Waals surface area contributed by atoms with Crippen LogP contribution in [0, 0.1) is 0 Å². The second-order valence-electron chi connectivity index (χ2n) is 7.31. The number of ether oxygens (including phenoxy) is 1. The van der Waals surface area contributed by atoms with Gasteiger partial charge in [-0.1, -0.05) is 41.4 Å². The molecule has 1 fully saturated rings. The third-order valence-electron chi connectivity index (χ3n) is 5.14. The second-order valence-corrected chi connectivity index (χ2v) is 8.15. The number of anilines is 4. The number of nitrogens with two attached hydrogens (primary N) is 1. The van der Waals surface area contributed by atoms with E-state index in [0.29, 0.717) is 33.1 Å². The predicted molar refractivity (Wildman–Crippen MR) is 131 cm³/mol. The number of carbonyl (C=O) groups excluding carboxylic acids is 1. The molecule has 1 amide bonds. The van der Waals surface area contributed by atoms with E-state index in [2.05, 4.69) is 42.8 Å². The van der Waals surface area contributed by atoms with Crippen LogP contribution in [0.15, 0.2) is 54.9 Å². The van der Waals surface area contributed by atoms with Crippen molar-refractivity contribution in [2.24, 2.45) is 0 Å². The Balaban J connectivity index is 1.31. The Bertz CT molecular complexity index is 1110. The summed E-state index contributed by atoms with van der Waals surface area (Å²) in [6.45, 7) is 2.96. The summed E-state index contributed by atoms with van der Waals surface area (Å²) >= 11 is 11.9. The Labute approximate surface area is 201 Å². The van der Waals surface area contributed by atoms with E-state index in [1.54, 1.807) is 12.1 Å². The highest BCUT2D eigenvalue weighted by atomic mass is 35.5. The smallest absolute Gasteiger partial charge is 0.276 e.